The van der Waals surface area contributed by atoms with Gasteiger partial charge in [-0.2, -0.15) is 0 Å². The Hall–Kier alpha value is -0.120. The van der Waals surface area contributed by atoms with Crippen LogP contribution in [-0.2, 0) is 0 Å². The van der Waals surface area contributed by atoms with Gasteiger partial charge in [-0.05, 0) is 38.9 Å². The van der Waals surface area contributed by atoms with Gasteiger partial charge >= 0.3 is 0 Å². The Morgan fingerprint density at radius 1 is 1.16 bits per heavy atom. The van der Waals surface area contributed by atoms with E-state index in [4.69, 9.17) is 0 Å². The molecule has 1 N–H and O–H groups in total. The summed E-state index contributed by atoms with van der Waals surface area (Å²) in [6.07, 6.45) is 7.76. The van der Waals surface area contributed by atoms with E-state index in [2.05, 4.69) is 23.6 Å². The Morgan fingerprint density at radius 3 is 2.42 bits per heavy atom. The van der Waals surface area contributed by atoms with E-state index in [0.717, 1.165) is 12.6 Å². The highest BCUT2D eigenvalue weighted by Gasteiger charge is 2.36. The zero-order chi connectivity index (χ0) is 13.7. The van der Waals surface area contributed by atoms with Crippen LogP contribution in [0.3, 0.4) is 0 Å². The predicted octanol–water partition coefficient (Wildman–Crippen LogP) is 2.35. The lowest BCUT2D eigenvalue weighted by molar-refractivity contribution is 0.0454. The second-order valence-electron chi connectivity index (χ2n) is 6.62. The molecule has 1 aliphatic carbocycles. The van der Waals surface area contributed by atoms with E-state index < -0.39 is 0 Å². The molecule has 2 rings (SSSR count). The van der Waals surface area contributed by atoms with Gasteiger partial charge in [-0.15, -0.1) is 0 Å². The first-order chi connectivity index (χ1) is 9.23. The van der Waals surface area contributed by atoms with E-state index in [1.54, 1.807) is 0 Å². The molecule has 19 heavy (non-hydrogen) atoms. The van der Waals surface area contributed by atoms with Crippen LogP contribution in [0.4, 0.5) is 0 Å². The van der Waals surface area contributed by atoms with Gasteiger partial charge in [-0.25, -0.2) is 0 Å². The number of hydrogen-bond acceptors (Lipinski definition) is 3. The second kappa shape index (κ2) is 7.05. The highest BCUT2D eigenvalue weighted by Crippen LogP contribution is 2.37. The molecule has 0 aromatic heterocycles. The summed E-state index contributed by atoms with van der Waals surface area (Å²) < 4.78 is 0. The van der Waals surface area contributed by atoms with Gasteiger partial charge in [0.15, 0.2) is 0 Å². The maximum atomic E-state index is 9.83. The molecule has 0 bridgehead atoms. The monoisotopic (exact) mass is 268 g/mol. The smallest absolute Gasteiger partial charge is 0.0499 e. The van der Waals surface area contributed by atoms with Crippen molar-refractivity contribution in [3.63, 3.8) is 0 Å². The zero-order valence-corrected chi connectivity index (χ0v) is 12.9. The Morgan fingerprint density at radius 2 is 1.84 bits per heavy atom. The number of hydrogen-bond donors (Lipinski definition) is 1. The molecule has 0 amide bonds. The van der Waals surface area contributed by atoms with Gasteiger partial charge in [0, 0.05) is 31.2 Å². The highest BCUT2D eigenvalue weighted by atomic mass is 16.3. The van der Waals surface area contributed by atoms with E-state index in [1.165, 1.54) is 64.7 Å². The molecule has 1 saturated heterocycles. The van der Waals surface area contributed by atoms with Crippen molar-refractivity contribution >= 4 is 0 Å². The van der Waals surface area contributed by atoms with Crippen LogP contribution in [-0.4, -0.2) is 60.3 Å². The van der Waals surface area contributed by atoms with Gasteiger partial charge < -0.3 is 10.0 Å². The number of rotatable bonds is 6. The van der Waals surface area contributed by atoms with Crippen LogP contribution in [0.2, 0.25) is 0 Å². The van der Waals surface area contributed by atoms with E-state index in [-0.39, 0.29) is 5.41 Å². The second-order valence-corrected chi connectivity index (χ2v) is 6.62. The Labute approximate surface area is 119 Å². The standard InChI is InChI=1S/C16H32N2O/c1-3-18(4-2)15-8-11-17(12-15)13-16(14-19)9-6-5-7-10-16/h15,19H,3-14H2,1-2H3. The van der Waals surface area contributed by atoms with Gasteiger partial charge in [-0.3, -0.25) is 4.90 Å². The lowest BCUT2D eigenvalue weighted by Gasteiger charge is -2.39. The molecule has 0 aromatic rings. The van der Waals surface area contributed by atoms with E-state index >= 15 is 0 Å². The highest BCUT2D eigenvalue weighted by molar-refractivity contribution is 4.90. The van der Waals surface area contributed by atoms with E-state index in [9.17, 15) is 5.11 Å². The third-order valence-corrected chi connectivity index (χ3v) is 5.38. The van der Waals surface area contributed by atoms with Gasteiger partial charge in [0.2, 0.25) is 0 Å². The van der Waals surface area contributed by atoms with Crippen molar-refractivity contribution in [3.8, 4) is 0 Å². The minimum Gasteiger partial charge on any atom is -0.396 e. The molecule has 0 spiro atoms. The quantitative estimate of drug-likeness (QED) is 0.801. The predicted molar refractivity (Wildman–Crippen MR) is 80.4 cm³/mol. The topological polar surface area (TPSA) is 26.7 Å². The van der Waals surface area contributed by atoms with Crippen LogP contribution in [0.5, 0.6) is 0 Å². The molecular formula is C16H32N2O. The van der Waals surface area contributed by atoms with Crippen LogP contribution < -0.4 is 0 Å². The lowest BCUT2D eigenvalue weighted by Crippen LogP contribution is -2.43. The van der Waals surface area contributed by atoms with Gasteiger partial charge in [0.25, 0.3) is 0 Å². The largest absolute Gasteiger partial charge is 0.396 e. The molecule has 2 fully saturated rings. The number of likely N-dealkylation sites (N-methyl/N-ethyl adjacent to an activating group) is 1. The van der Waals surface area contributed by atoms with Crippen molar-refractivity contribution in [1.82, 2.24) is 9.80 Å². The molecular weight excluding hydrogens is 236 g/mol. The molecule has 0 aromatic carbocycles. The van der Waals surface area contributed by atoms with Crippen molar-refractivity contribution in [2.75, 3.05) is 39.3 Å². The van der Waals surface area contributed by atoms with E-state index in [1.807, 2.05) is 0 Å². The van der Waals surface area contributed by atoms with Crippen LogP contribution in [0.25, 0.3) is 0 Å². The minimum atomic E-state index is 0.219. The first-order valence-corrected chi connectivity index (χ1v) is 8.30. The maximum absolute atomic E-state index is 9.83. The van der Waals surface area contributed by atoms with Crippen LogP contribution in [0, 0.1) is 5.41 Å². The average Bonchev–Trinajstić information content (AvgIpc) is 2.89. The van der Waals surface area contributed by atoms with Crippen molar-refractivity contribution in [2.24, 2.45) is 5.41 Å². The summed E-state index contributed by atoms with van der Waals surface area (Å²) in [6.45, 7) is 10.8. The van der Waals surface area contributed by atoms with Crippen molar-refractivity contribution < 1.29 is 5.11 Å². The summed E-state index contributed by atoms with van der Waals surface area (Å²) in [4.78, 5) is 5.21. The summed E-state index contributed by atoms with van der Waals surface area (Å²) in [5.41, 5.74) is 0.219. The Bertz CT molecular complexity index is 259. The molecule has 2 aliphatic rings. The summed E-state index contributed by atoms with van der Waals surface area (Å²) in [6, 6.07) is 0.745. The molecule has 1 atom stereocenters. The van der Waals surface area contributed by atoms with E-state index in [0.29, 0.717) is 6.61 Å². The molecule has 0 radical (unpaired) electrons. The van der Waals surface area contributed by atoms with Crippen LogP contribution >= 0.6 is 0 Å². The fourth-order valence-electron chi connectivity index (χ4n) is 4.14. The molecule has 1 saturated carbocycles. The van der Waals surface area contributed by atoms with Crippen molar-refractivity contribution in [3.05, 3.63) is 0 Å². The SMILES string of the molecule is CCN(CC)C1CCN(CC2(CO)CCCCC2)C1. The molecule has 3 heteroatoms. The lowest BCUT2D eigenvalue weighted by atomic mass is 9.74. The first-order valence-electron chi connectivity index (χ1n) is 8.30. The fourth-order valence-corrected chi connectivity index (χ4v) is 4.14. The average molecular weight is 268 g/mol. The van der Waals surface area contributed by atoms with Crippen LogP contribution in [0.1, 0.15) is 52.4 Å². The summed E-state index contributed by atoms with van der Waals surface area (Å²) in [5.74, 6) is 0. The normalized spacial score (nSPS) is 28.1. The van der Waals surface area contributed by atoms with Gasteiger partial charge in [0.1, 0.15) is 0 Å². The molecule has 1 unspecified atom stereocenters. The van der Waals surface area contributed by atoms with Crippen molar-refractivity contribution in [1.29, 1.82) is 0 Å². The summed E-state index contributed by atoms with van der Waals surface area (Å²) in [7, 11) is 0. The molecule has 1 aliphatic heterocycles. The third kappa shape index (κ3) is 3.71. The Kier molecular flexibility index (Phi) is 5.67. The summed E-state index contributed by atoms with van der Waals surface area (Å²) >= 11 is 0. The number of aliphatic hydroxyl groups excluding tert-OH is 1. The number of nitrogens with zero attached hydrogens (tertiary/aromatic N) is 2. The summed E-state index contributed by atoms with van der Waals surface area (Å²) in [5, 5.41) is 9.83. The number of likely N-dealkylation sites (tertiary alicyclic amines) is 1. The number of aliphatic hydroxyl groups is 1. The maximum Gasteiger partial charge on any atom is 0.0499 e. The molecule has 112 valence electrons. The Balaban J connectivity index is 1.86. The third-order valence-electron chi connectivity index (χ3n) is 5.38. The molecule has 3 nitrogen and oxygen atoms in total. The van der Waals surface area contributed by atoms with Gasteiger partial charge in [-0.1, -0.05) is 33.1 Å². The zero-order valence-electron chi connectivity index (χ0n) is 12.9. The first kappa shape index (κ1) is 15.3. The van der Waals surface area contributed by atoms with Gasteiger partial charge in [0.05, 0.1) is 0 Å². The van der Waals surface area contributed by atoms with Crippen LogP contribution in [0.15, 0.2) is 0 Å². The molecule has 1 heterocycles. The minimum absolute atomic E-state index is 0.219. The fraction of sp³-hybridized carbons (Fsp3) is 1.00. The van der Waals surface area contributed by atoms with Crippen molar-refractivity contribution in [2.45, 2.75) is 58.4 Å².